The van der Waals surface area contributed by atoms with Crippen molar-refractivity contribution in [2.24, 2.45) is 5.73 Å². The fourth-order valence-corrected chi connectivity index (χ4v) is 0.240. The number of hydrogen-bond acceptors (Lipinski definition) is 3. The highest BCUT2D eigenvalue weighted by atomic mass is 32.1. The first-order chi connectivity index (χ1) is 3.77. The van der Waals surface area contributed by atoms with Crippen molar-refractivity contribution < 1.29 is 4.79 Å². The van der Waals surface area contributed by atoms with Crippen LogP contribution >= 0.6 is 12.2 Å². The second-order valence-electron chi connectivity index (χ2n) is 0.987. The fourth-order valence-electron chi connectivity index (χ4n) is 0.167. The lowest BCUT2D eigenvalue weighted by Gasteiger charge is -1.98. The zero-order valence-corrected chi connectivity index (χ0v) is 4.92. The van der Waals surface area contributed by atoms with E-state index in [1.54, 1.807) is 6.29 Å². The smallest absolute Gasteiger partial charge is 0.215 e. The number of hydrogen-bond donors (Lipinski definition) is 3. The molecule has 0 saturated carbocycles. The summed E-state index contributed by atoms with van der Waals surface area (Å²) in [4.78, 5) is 9.47. The Morgan fingerprint density at radius 1 is 1.88 bits per heavy atom. The number of thiocarbonyl (C=S) groups is 1. The molecule has 1 radical (unpaired) electrons. The van der Waals surface area contributed by atoms with E-state index in [0.29, 0.717) is 0 Å². The van der Waals surface area contributed by atoms with Crippen LogP contribution in [0.2, 0.25) is 0 Å². The summed E-state index contributed by atoms with van der Waals surface area (Å²) in [7, 11) is 0. The Morgan fingerprint density at radius 3 is 2.88 bits per heavy atom. The van der Waals surface area contributed by atoms with Crippen molar-refractivity contribution in [2.75, 3.05) is 6.54 Å². The van der Waals surface area contributed by atoms with Gasteiger partial charge < -0.3 is 5.73 Å². The van der Waals surface area contributed by atoms with Crippen LogP contribution < -0.4 is 16.6 Å². The van der Waals surface area contributed by atoms with E-state index in [1.807, 2.05) is 0 Å². The van der Waals surface area contributed by atoms with E-state index in [2.05, 4.69) is 23.1 Å². The van der Waals surface area contributed by atoms with Crippen molar-refractivity contribution in [1.82, 2.24) is 10.9 Å². The highest BCUT2D eigenvalue weighted by Gasteiger charge is 1.81. The molecule has 4 nitrogen and oxygen atoms in total. The molecule has 0 aromatic carbocycles. The zero-order valence-electron chi connectivity index (χ0n) is 4.10. The summed E-state index contributed by atoms with van der Waals surface area (Å²) >= 11 is 4.38. The van der Waals surface area contributed by atoms with Crippen molar-refractivity contribution in [1.29, 1.82) is 0 Å². The Kier molecular flexibility index (Phi) is 4.10. The Morgan fingerprint density at radius 2 is 2.50 bits per heavy atom. The van der Waals surface area contributed by atoms with Crippen LogP contribution in [0.1, 0.15) is 0 Å². The van der Waals surface area contributed by atoms with Gasteiger partial charge >= 0.3 is 0 Å². The van der Waals surface area contributed by atoms with Gasteiger partial charge in [0.15, 0.2) is 5.11 Å². The molecule has 0 saturated heterocycles. The van der Waals surface area contributed by atoms with Crippen LogP contribution in [0.5, 0.6) is 0 Å². The van der Waals surface area contributed by atoms with E-state index in [9.17, 15) is 4.79 Å². The van der Waals surface area contributed by atoms with Gasteiger partial charge in [0.05, 0.1) is 6.54 Å². The molecule has 0 aliphatic rings. The lowest BCUT2D eigenvalue weighted by Crippen LogP contribution is -2.41. The SMILES string of the molecule is NC(=S)NNC[C]=O. The van der Waals surface area contributed by atoms with Gasteiger partial charge in [-0.2, -0.15) is 0 Å². The molecule has 0 unspecified atom stereocenters. The summed E-state index contributed by atoms with van der Waals surface area (Å²) < 4.78 is 0. The number of nitrogens with two attached hydrogens (primary N) is 1. The molecule has 0 spiro atoms. The first-order valence-corrected chi connectivity index (χ1v) is 2.31. The zero-order chi connectivity index (χ0) is 6.41. The van der Waals surface area contributed by atoms with Crippen LogP contribution in [-0.4, -0.2) is 17.9 Å². The molecule has 0 amide bonds. The van der Waals surface area contributed by atoms with Crippen molar-refractivity contribution in [3.05, 3.63) is 0 Å². The predicted molar refractivity (Wildman–Crippen MR) is 33.6 cm³/mol. The van der Waals surface area contributed by atoms with E-state index in [0.717, 1.165) is 0 Å². The monoisotopic (exact) mass is 132 g/mol. The van der Waals surface area contributed by atoms with Crippen molar-refractivity contribution in [2.45, 2.75) is 0 Å². The average molecular weight is 132 g/mol. The Balaban J connectivity index is 2.93. The second kappa shape index (κ2) is 4.48. The first kappa shape index (κ1) is 7.32. The minimum Gasteiger partial charge on any atom is -0.375 e. The quantitative estimate of drug-likeness (QED) is 0.246. The molecule has 5 heteroatoms. The lowest BCUT2D eigenvalue weighted by molar-refractivity contribution is 0.546. The van der Waals surface area contributed by atoms with Crippen LogP contribution in [0.25, 0.3) is 0 Å². The normalized spacial score (nSPS) is 8.00. The summed E-state index contributed by atoms with van der Waals surface area (Å²) in [5.41, 5.74) is 9.70. The van der Waals surface area contributed by atoms with E-state index in [-0.39, 0.29) is 11.7 Å². The van der Waals surface area contributed by atoms with Gasteiger partial charge in [-0.1, -0.05) is 0 Å². The van der Waals surface area contributed by atoms with Gasteiger partial charge in [0, 0.05) is 0 Å². The minimum absolute atomic E-state index is 0.0807. The molecule has 0 aromatic heterocycles. The molecule has 0 fully saturated rings. The molecule has 0 heterocycles. The fraction of sp³-hybridized carbons (Fsp3) is 0.333. The van der Waals surface area contributed by atoms with Crippen molar-refractivity contribution in [3.63, 3.8) is 0 Å². The molecule has 8 heavy (non-hydrogen) atoms. The predicted octanol–water partition coefficient (Wildman–Crippen LogP) is -1.57. The first-order valence-electron chi connectivity index (χ1n) is 1.90. The minimum atomic E-state index is 0.0807. The third-order valence-electron chi connectivity index (χ3n) is 0.372. The van der Waals surface area contributed by atoms with E-state index in [4.69, 9.17) is 5.73 Å². The Bertz CT molecular complexity index is 94.5. The second-order valence-corrected chi connectivity index (χ2v) is 1.43. The van der Waals surface area contributed by atoms with E-state index < -0.39 is 0 Å². The number of rotatable bonds is 3. The third-order valence-corrected chi connectivity index (χ3v) is 0.474. The maximum Gasteiger partial charge on any atom is 0.215 e. The van der Waals surface area contributed by atoms with Crippen LogP contribution in [0.4, 0.5) is 0 Å². The summed E-state index contributed by atoms with van der Waals surface area (Å²) in [6.45, 7) is 0.0807. The van der Waals surface area contributed by atoms with Gasteiger partial charge in [-0.25, -0.2) is 5.43 Å². The Hall–Kier alpha value is -0.680. The molecule has 0 atom stereocenters. The van der Waals surface area contributed by atoms with Crippen LogP contribution in [0, 0.1) is 0 Å². The summed E-state index contributed by atoms with van der Waals surface area (Å²) in [6.07, 6.45) is 1.58. The average Bonchev–Trinajstić information content (AvgIpc) is 1.66. The van der Waals surface area contributed by atoms with Gasteiger partial charge in [-0.3, -0.25) is 10.2 Å². The summed E-state index contributed by atoms with van der Waals surface area (Å²) in [6, 6.07) is 0. The maximum atomic E-state index is 9.47. The van der Waals surface area contributed by atoms with Gasteiger partial charge in [0.1, 0.15) is 0 Å². The standard InChI is InChI=1S/C3H6N3OS/c4-3(8)6-5-1-2-7/h5H,1H2,(H3,4,6,8). The van der Waals surface area contributed by atoms with Gasteiger partial charge in [-0.05, 0) is 12.2 Å². The number of nitrogens with one attached hydrogen (secondary N) is 2. The van der Waals surface area contributed by atoms with Gasteiger partial charge in [0.2, 0.25) is 6.29 Å². The molecule has 0 aromatic rings. The van der Waals surface area contributed by atoms with Gasteiger partial charge in [-0.15, -0.1) is 0 Å². The summed E-state index contributed by atoms with van der Waals surface area (Å²) in [5.74, 6) is 0. The Labute approximate surface area is 52.4 Å². The van der Waals surface area contributed by atoms with Crippen LogP contribution in [-0.2, 0) is 4.79 Å². The third kappa shape index (κ3) is 5.32. The van der Waals surface area contributed by atoms with Crippen molar-refractivity contribution in [3.8, 4) is 0 Å². The number of carbonyl (C=O) groups excluding carboxylic acids is 1. The molecule has 0 aliphatic carbocycles. The van der Waals surface area contributed by atoms with Gasteiger partial charge in [0.25, 0.3) is 0 Å². The van der Waals surface area contributed by atoms with E-state index in [1.165, 1.54) is 0 Å². The molecule has 0 aliphatic heterocycles. The molecule has 45 valence electrons. The molecule has 0 bridgehead atoms. The lowest BCUT2D eigenvalue weighted by atomic mass is 10.8. The topological polar surface area (TPSA) is 67.2 Å². The molecule has 4 N–H and O–H groups in total. The van der Waals surface area contributed by atoms with Crippen molar-refractivity contribution >= 4 is 23.6 Å². The molecular formula is C3H6N3OS. The van der Waals surface area contributed by atoms with Crippen LogP contribution in [0.3, 0.4) is 0 Å². The van der Waals surface area contributed by atoms with E-state index >= 15 is 0 Å². The maximum absolute atomic E-state index is 9.47. The molecule has 0 rings (SSSR count). The number of hydrazine groups is 1. The largest absolute Gasteiger partial charge is 0.375 e. The highest BCUT2D eigenvalue weighted by molar-refractivity contribution is 7.80. The van der Waals surface area contributed by atoms with Crippen LogP contribution in [0.15, 0.2) is 0 Å². The summed E-state index contributed by atoms with van der Waals surface area (Å²) in [5, 5.41) is 0.111. The molecular weight excluding hydrogens is 126 g/mol. The highest BCUT2D eigenvalue weighted by Crippen LogP contribution is 1.48.